The fourth-order valence-electron chi connectivity index (χ4n) is 1.37. The predicted molar refractivity (Wildman–Crippen MR) is 58.7 cm³/mol. The third kappa shape index (κ3) is 2.70. The molecule has 2 rings (SSSR count). The number of tetrazole rings is 1. The maximum absolute atomic E-state index is 12.3. The number of alkyl halides is 3. The zero-order valence-corrected chi connectivity index (χ0v) is 9.57. The molecule has 0 saturated carbocycles. The quantitative estimate of drug-likeness (QED) is 0.854. The van der Waals surface area contributed by atoms with Crippen LogP contribution < -0.4 is 5.73 Å². The molecule has 18 heavy (non-hydrogen) atoms. The van der Waals surface area contributed by atoms with E-state index in [0.717, 1.165) is 0 Å². The van der Waals surface area contributed by atoms with Crippen molar-refractivity contribution in [1.82, 2.24) is 20.2 Å². The Hall–Kier alpha value is -1.83. The predicted octanol–water partition coefficient (Wildman–Crippen LogP) is 2.14. The van der Waals surface area contributed by atoms with Crippen molar-refractivity contribution in [2.24, 2.45) is 0 Å². The molecule has 0 aliphatic rings. The second-order valence-corrected chi connectivity index (χ2v) is 3.92. The van der Waals surface area contributed by atoms with Crippen LogP contribution in [0.25, 0.3) is 11.4 Å². The number of anilines is 1. The lowest BCUT2D eigenvalue weighted by Gasteiger charge is -2.08. The molecule has 2 aromatic rings. The van der Waals surface area contributed by atoms with Crippen LogP contribution in [0.15, 0.2) is 18.2 Å². The van der Waals surface area contributed by atoms with Gasteiger partial charge >= 0.3 is 6.18 Å². The van der Waals surface area contributed by atoms with E-state index in [-0.39, 0.29) is 11.5 Å². The summed E-state index contributed by atoms with van der Waals surface area (Å²) in [5, 5.41) is 10.4. The number of hydrogen-bond donors (Lipinski definition) is 1. The van der Waals surface area contributed by atoms with Crippen molar-refractivity contribution in [1.29, 1.82) is 0 Å². The van der Waals surface area contributed by atoms with Gasteiger partial charge in [0.2, 0.25) is 0 Å². The summed E-state index contributed by atoms with van der Waals surface area (Å²) >= 11 is 5.72. The fraction of sp³-hybridized carbons (Fsp3) is 0.222. The maximum atomic E-state index is 12.3. The van der Waals surface area contributed by atoms with Gasteiger partial charge < -0.3 is 5.73 Å². The average Bonchev–Trinajstić information content (AvgIpc) is 2.67. The van der Waals surface area contributed by atoms with Crippen molar-refractivity contribution >= 4 is 17.3 Å². The fourth-order valence-corrected chi connectivity index (χ4v) is 1.49. The SMILES string of the molecule is Nc1cc(-c2nnnn2CC(F)(F)F)ccc1Cl. The Bertz CT molecular complexity index is 566. The van der Waals surface area contributed by atoms with Gasteiger partial charge in [-0.1, -0.05) is 11.6 Å². The molecular weight excluding hydrogens is 271 g/mol. The number of halogens is 4. The highest BCUT2D eigenvalue weighted by Gasteiger charge is 2.30. The van der Waals surface area contributed by atoms with Gasteiger partial charge in [-0.2, -0.15) is 13.2 Å². The molecule has 0 atom stereocenters. The molecule has 2 N–H and O–H groups in total. The van der Waals surface area contributed by atoms with Crippen molar-refractivity contribution in [3.05, 3.63) is 23.2 Å². The summed E-state index contributed by atoms with van der Waals surface area (Å²) in [5.74, 6) is -0.0179. The largest absolute Gasteiger partial charge is 0.408 e. The summed E-state index contributed by atoms with van der Waals surface area (Å²) in [6.07, 6.45) is -4.40. The highest BCUT2D eigenvalue weighted by Crippen LogP contribution is 2.26. The van der Waals surface area contributed by atoms with E-state index in [1.807, 2.05) is 0 Å². The summed E-state index contributed by atoms with van der Waals surface area (Å²) in [5.41, 5.74) is 6.18. The number of nitrogen functional groups attached to an aromatic ring is 1. The molecular formula is C9H7ClF3N5. The van der Waals surface area contributed by atoms with E-state index in [4.69, 9.17) is 17.3 Å². The average molecular weight is 278 g/mol. The molecule has 0 aliphatic heterocycles. The van der Waals surface area contributed by atoms with Crippen LogP contribution in [0.5, 0.6) is 0 Å². The first kappa shape index (κ1) is 12.6. The van der Waals surface area contributed by atoms with E-state index in [1.54, 1.807) is 0 Å². The van der Waals surface area contributed by atoms with Gasteiger partial charge in [0.15, 0.2) is 5.82 Å². The van der Waals surface area contributed by atoms with Gasteiger partial charge in [-0.3, -0.25) is 0 Å². The molecule has 1 heterocycles. The minimum absolute atomic E-state index is 0.0179. The molecule has 0 saturated heterocycles. The van der Waals surface area contributed by atoms with Gasteiger partial charge in [0.05, 0.1) is 10.7 Å². The standard InChI is InChI=1S/C9H7ClF3N5/c10-6-2-1-5(3-7(6)14)8-15-16-17-18(8)4-9(11,12)13/h1-3H,4,14H2. The van der Waals surface area contributed by atoms with E-state index < -0.39 is 12.7 Å². The zero-order valence-electron chi connectivity index (χ0n) is 8.82. The third-order valence-corrected chi connectivity index (χ3v) is 2.46. The lowest BCUT2D eigenvalue weighted by atomic mass is 10.2. The Balaban J connectivity index is 2.39. The molecule has 96 valence electrons. The molecule has 0 unspecified atom stereocenters. The van der Waals surface area contributed by atoms with E-state index in [1.165, 1.54) is 18.2 Å². The Morgan fingerprint density at radius 1 is 1.33 bits per heavy atom. The van der Waals surface area contributed by atoms with E-state index in [0.29, 0.717) is 15.3 Å². The zero-order chi connectivity index (χ0) is 13.3. The second kappa shape index (κ2) is 4.45. The van der Waals surface area contributed by atoms with Gasteiger partial charge in [0.25, 0.3) is 0 Å². The normalized spacial score (nSPS) is 11.8. The second-order valence-electron chi connectivity index (χ2n) is 3.51. The molecule has 0 amide bonds. The third-order valence-electron chi connectivity index (χ3n) is 2.12. The number of hydrogen-bond acceptors (Lipinski definition) is 4. The first-order chi connectivity index (χ1) is 8.37. The molecule has 0 aliphatic carbocycles. The van der Waals surface area contributed by atoms with Gasteiger partial charge in [0.1, 0.15) is 6.54 Å². The summed E-state index contributed by atoms with van der Waals surface area (Å²) in [6.45, 7) is -1.27. The molecule has 5 nitrogen and oxygen atoms in total. The smallest absolute Gasteiger partial charge is 0.398 e. The van der Waals surface area contributed by atoms with E-state index in [9.17, 15) is 13.2 Å². The summed E-state index contributed by atoms with van der Waals surface area (Å²) < 4.78 is 37.5. The van der Waals surface area contributed by atoms with Crippen LogP contribution in [0.2, 0.25) is 5.02 Å². The van der Waals surface area contributed by atoms with Crippen LogP contribution in [0, 0.1) is 0 Å². The lowest BCUT2D eigenvalue weighted by molar-refractivity contribution is -0.142. The highest BCUT2D eigenvalue weighted by molar-refractivity contribution is 6.33. The Labute approximate surface area is 104 Å². The minimum Gasteiger partial charge on any atom is -0.398 e. The van der Waals surface area contributed by atoms with Crippen molar-refractivity contribution in [3.8, 4) is 11.4 Å². The first-order valence-electron chi connectivity index (χ1n) is 4.75. The van der Waals surface area contributed by atoms with E-state index >= 15 is 0 Å². The molecule has 0 bridgehead atoms. The Morgan fingerprint density at radius 2 is 2.06 bits per heavy atom. The van der Waals surface area contributed by atoms with Crippen molar-refractivity contribution in [3.63, 3.8) is 0 Å². The summed E-state index contributed by atoms with van der Waals surface area (Å²) in [6, 6.07) is 4.39. The van der Waals surface area contributed by atoms with Crippen LogP contribution >= 0.6 is 11.6 Å². The monoisotopic (exact) mass is 277 g/mol. The minimum atomic E-state index is -4.40. The Kier molecular flexibility index (Phi) is 3.12. The van der Waals surface area contributed by atoms with Crippen molar-refractivity contribution < 1.29 is 13.2 Å². The van der Waals surface area contributed by atoms with Crippen LogP contribution in [0.1, 0.15) is 0 Å². The van der Waals surface area contributed by atoms with Crippen LogP contribution in [0.3, 0.4) is 0 Å². The molecule has 1 aromatic heterocycles. The number of nitrogens with zero attached hydrogens (tertiary/aromatic N) is 4. The van der Waals surface area contributed by atoms with Crippen molar-refractivity contribution in [2.45, 2.75) is 12.7 Å². The van der Waals surface area contributed by atoms with Gasteiger partial charge in [-0.05, 0) is 28.6 Å². The Morgan fingerprint density at radius 3 is 2.67 bits per heavy atom. The molecule has 9 heteroatoms. The first-order valence-corrected chi connectivity index (χ1v) is 5.13. The molecule has 0 radical (unpaired) electrons. The lowest BCUT2D eigenvalue weighted by Crippen LogP contribution is -2.19. The molecule has 0 fully saturated rings. The van der Waals surface area contributed by atoms with Crippen LogP contribution in [0.4, 0.5) is 18.9 Å². The van der Waals surface area contributed by atoms with Crippen LogP contribution in [-0.4, -0.2) is 26.4 Å². The van der Waals surface area contributed by atoms with E-state index in [2.05, 4.69) is 15.5 Å². The highest BCUT2D eigenvalue weighted by atomic mass is 35.5. The number of nitrogens with two attached hydrogens (primary N) is 1. The van der Waals surface area contributed by atoms with Gasteiger partial charge in [-0.15, -0.1) is 5.10 Å². The van der Waals surface area contributed by atoms with Gasteiger partial charge in [0, 0.05) is 5.56 Å². The molecule has 0 spiro atoms. The molecule has 1 aromatic carbocycles. The topological polar surface area (TPSA) is 69.6 Å². The van der Waals surface area contributed by atoms with Gasteiger partial charge in [-0.25, -0.2) is 4.68 Å². The van der Waals surface area contributed by atoms with Crippen LogP contribution in [-0.2, 0) is 6.54 Å². The van der Waals surface area contributed by atoms with Crippen molar-refractivity contribution in [2.75, 3.05) is 5.73 Å². The number of benzene rings is 1. The maximum Gasteiger partial charge on any atom is 0.408 e. The summed E-state index contributed by atoms with van der Waals surface area (Å²) in [7, 11) is 0. The summed E-state index contributed by atoms with van der Waals surface area (Å²) in [4.78, 5) is 0. The number of rotatable bonds is 2. The number of aromatic nitrogens is 4.